The molecule has 2 N–H and O–H groups in total. The van der Waals surface area contributed by atoms with Gasteiger partial charge in [-0.3, -0.25) is 0 Å². The van der Waals surface area contributed by atoms with Crippen molar-refractivity contribution in [2.75, 3.05) is 6.54 Å². The molecule has 0 fully saturated rings. The van der Waals surface area contributed by atoms with Crippen LogP contribution in [0.4, 0.5) is 0 Å². The van der Waals surface area contributed by atoms with Gasteiger partial charge in [0, 0.05) is 23.1 Å². The summed E-state index contributed by atoms with van der Waals surface area (Å²) in [6.45, 7) is 2.44. The minimum atomic E-state index is -3.50. The Hall–Kier alpha value is -2.11. The van der Waals surface area contributed by atoms with Crippen molar-refractivity contribution in [1.29, 1.82) is 0 Å². The molecule has 1 aromatic heterocycles. The Bertz CT molecular complexity index is 1030. The lowest BCUT2D eigenvalue weighted by Crippen LogP contribution is -2.26. The van der Waals surface area contributed by atoms with E-state index in [-0.39, 0.29) is 0 Å². The predicted molar refractivity (Wildman–Crippen MR) is 105 cm³/mol. The number of aromatic amines is 1. The highest BCUT2D eigenvalue weighted by atomic mass is 32.2. The topological polar surface area (TPSA) is 62.0 Å². The van der Waals surface area contributed by atoms with Crippen LogP contribution in [0.5, 0.6) is 0 Å². The molecule has 4 nitrogen and oxygen atoms in total. The Morgan fingerprint density at radius 2 is 1.81 bits per heavy atom. The number of hydrogen-bond acceptors (Lipinski definition) is 2. The van der Waals surface area contributed by atoms with Gasteiger partial charge in [-0.25, -0.2) is 13.1 Å². The lowest BCUT2D eigenvalue weighted by molar-refractivity contribution is 0.582. The molecule has 0 radical (unpaired) electrons. The Kier molecular flexibility index (Phi) is 4.59. The van der Waals surface area contributed by atoms with E-state index < -0.39 is 10.0 Å². The van der Waals surface area contributed by atoms with E-state index in [1.165, 1.54) is 29.7 Å². The van der Waals surface area contributed by atoms with Crippen molar-refractivity contribution in [2.24, 2.45) is 0 Å². The van der Waals surface area contributed by atoms with Crippen molar-refractivity contribution >= 4 is 20.9 Å². The maximum atomic E-state index is 12.7. The van der Waals surface area contributed by atoms with Crippen molar-refractivity contribution in [3.05, 3.63) is 64.8 Å². The molecule has 0 aliphatic heterocycles. The van der Waals surface area contributed by atoms with Crippen LogP contribution in [0.15, 0.2) is 47.4 Å². The molecule has 0 amide bonds. The summed E-state index contributed by atoms with van der Waals surface area (Å²) in [7, 11) is -3.50. The van der Waals surface area contributed by atoms with E-state index in [0.717, 1.165) is 29.3 Å². The summed E-state index contributed by atoms with van der Waals surface area (Å²) in [5.74, 6) is 0. The first-order chi connectivity index (χ1) is 12.5. The van der Waals surface area contributed by atoms with Crippen molar-refractivity contribution in [3.8, 4) is 0 Å². The van der Waals surface area contributed by atoms with Crippen LogP contribution in [-0.4, -0.2) is 19.9 Å². The second kappa shape index (κ2) is 6.89. The highest BCUT2D eigenvalue weighted by molar-refractivity contribution is 7.89. The average molecular weight is 369 g/mol. The standard InChI is InChI=1S/C21H24N2O2S/c1-15-6-8-16(9-7-15)12-13-22-26(24,25)17-10-11-21-19(14-17)18-4-2-3-5-20(18)23-21/h6-11,14,22-23H,2-5,12-13H2,1H3. The van der Waals surface area contributed by atoms with Gasteiger partial charge >= 0.3 is 0 Å². The molecular formula is C21H24N2O2S. The fourth-order valence-electron chi connectivity index (χ4n) is 3.72. The molecule has 1 aliphatic carbocycles. The Labute approximate surface area is 154 Å². The van der Waals surface area contributed by atoms with Gasteiger partial charge in [-0.15, -0.1) is 0 Å². The van der Waals surface area contributed by atoms with Gasteiger partial charge in [-0.1, -0.05) is 29.8 Å². The van der Waals surface area contributed by atoms with Crippen LogP contribution in [0, 0.1) is 6.92 Å². The van der Waals surface area contributed by atoms with Crippen molar-refractivity contribution in [2.45, 2.75) is 43.9 Å². The van der Waals surface area contributed by atoms with Gasteiger partial charge in [-0.05, 0) is 68.4 Å². The van der Waals surface area contributed by atoms with Crippen LogP contribution < -0.4 is 4.72 Å². The Morgan fingerprint density at radius 1 is 1.04 bits per heavy atom. The molecule has 136 valence electrons. The first-order valence-corrected chi connectivity index (χ1v) is 10.7. The molecule has 0 unspecified atom stereocenters. The zero-order valence-corrected chi connectivity index (χ0v) is 15.8. The molecular weight excluding hydrogens is 344 g/mol. The van der Waals surface area contributed by atoms with Gasteiger partial charge in [0.15, 0.2) is 0 Å². The minimum absolute atomic E-state index is 0.348. The van der Waals surface area contributed by atoms with E-state index >= 15 is 0 Å². The van der Waals surface area contributed by atoms with Crippen molar-refractivity contribution in [3.63, 3.8) is 0 Å². The highest BCUT2D eigenvalue weighted by Crippen LogP contribution is 2.30. The molecule has 1 aliphatic rings. The molecule has 26 heavy (non-hydrogen) atoms. The summed E-state index contributed by atoms with van der Waals surface area (Å²) in [4.78, 5) is 3.80. The molecule has 5 heteroatoms. The number of sulfonamides is 1. The predicted octanol–water partition coefficient (Wildman–Crippen LogP) is 3.88. The maximum Gasteiger partial charge on any atom is 0.240 e. The summed E-state index contributed by atoms with van der Waals surface area (Å²) < 4.78 is 28.1. The quantitative estimate of drug-likeness (QED) is 0.718. The lowest BCUT2D eigenvalue weighted by atomic mass is 9.96. The van der Waals surface area contributed by atoms with Gasteiger partial charge < -0.3 is 4.98 Å². The molecule has 0 atom stereocenters. The first-order valence-electron chi connectivity index (χ1n) is 9.22. The van der Waals surface area contributed by atoms with E-state index in [2.05, 4.69) is 9.71 Å². The number of H-pyrrole nitrogens is 1. The zero-order chi connectivity index (χ0) is 18.1. The number of rotatable bonds is 5. The molecule has 2 aromatic carbocycles. The smallest absolute Gasteiger partial charge is 0.240 e. The molecule has 1 heterocycles. The van der Waals surface area contributed by atoms with Gasteiger partial charge in [0.05, 0.1) is 4.90 Å². The molecule has 0 saturated heterocycles. The van der Waals surface area contributed by atoms with Crippen molar-refractivity contribution < 1.29 is 8.42 Å². The second-order valence-corrected chi connectivity index (χ2v) is 8.90. The first kappa shape index (κ1) is 17.3. The summed E-state index contributed by atoms with van der Waals surface area (Å²) in [5.41, 5.74) is 5.94. The van der Waals surface area contributed by atoms with Crippen LogP contribution in [0.25, 0.3) is 10.9 Å². The summed E-state index contributed by atoms with van der Waals surface area (Å²) in [6.07, 6.45) is 5.14. The largest absolute Gasteiger partial charge is 0.358 e. The summed E-state index contributed by atoms with van der Waals surface area (Å²) in [5, 5.41) is 1.06. The van der Waals surface area contributed by atoms with Gasteiger partial charge in [0.2, 0.25) is 10.0 Å². The maximum absolute atomic E-state index is 12.7. The van der Waals surface area contributed by atoms with E-state index in [9.17, 15) is 8.42 Å². The van der Waals surface area contributed by atoms with Crippen LogP contribution >= 0.6 is 0 Å². The fourth-order valence-corrected chi connectivity index (χ4v) is 4.78. The second-order valence-electron chi connectivity index (χ2n) is 7.13. The van der Waals surface area contributed by atoms with E-state index in [1.807, 2.05) is 43.3 Å². The van der Waals surface area contributed by atoms with E-state index in [1.54, 1.807) is 6.07 Å². The number of nitrogens with one attached hydrogen (secondary N) is 2. The lowest BCUT2D eigenvalue weighted by Gasteiger charge is -2.11. The fraction of sp³-hybridized carbons (Fsp3) is 0.333. The van der Waals surface area contributed by atoms with Crippen molar-refractivity contribution in [1.82, 2.24) is 9.71 Å². The Morgan fingerprint density at radius 3 is 2.62 bits per heavy atom. The average Bonchev–Trinajstić information content (AvgIpc) is 3.01. The van der Waals surface area contributed by atoms with Gasteiger partial charge in [0.1, 0.15) is 0 Å². The normalized spacial score (nSPS) is 14.5. The minimum Gasteiger partial charge on any atom is -0.358 e. The highest BCUT2D eigenvalue weighted by Gasteiger charge is 2.19. The number of benzene rings is 2. The van der Waals surface area contributed by atoms with Crippen LogP contribution in [-0.2, 0) is 29.3 Å². The number of aromatic nitrogens is 1. The summed E-state index contributed by atoms with van der Waals surface area (Å²) >= 11 is 0. The number of aryl methyl sites for hydroxylation is 3. The number of hydrogen-bond donors (Lipinski definition) is 2. The molecule has 0 spiro atoms. The van der Waals surface area contributed by atoms with Gasteiger partial charge in [0.25, 0.3) is 0 Å². The third-order valence-corrected chi connectivity index (χ3v) is 6.66. The molecule has 0 saturated carbocycles. The van der Waals surface area contributed by atoms with E-state index in [0.29, 0.717) is 17.9 Å². The van der Waals surface area contributed by atoms with Crippen LogP contribution in [0.3, 0.4) is 0 Å². The molecule has 0 bridgehead atoms. The third-order valence-electron chi connectivity index (χ3n) is 5.21. The zero-order valence-electron chi connectivity index (χ0n) is 15.0. The van der Waals surface area contributed by atoms with Crippen LogP contribution in [0.1, 0.15) is 35.2 Å². The third kappa shape index (κ3) is 3.41. The Balaban J connectivity index is 1.52. The monoisotopic (exact) mass is 368 g/mol. The summed E-state index contributed by atoms with van der Waals surface area (Å²) in [6, 6.07) is 13.6. The number of fused-ring (bicyclic) bond motifs is 3. The van der Waals surface area contributed by atoms with Crippen LogP contribution in [0.2, 0.25) is 0 Å². The molecule has 3 aromatic rings. The van der Waals surface area contributed by atoms with E-state index in [4.69, 9.17) is 0 Å². The molecule has 4 rings (SSSR count). The van der Waals surface area contributed by atoms with Gasteiger partial charge in [-0.2, -0.15) is 0 Å². The SMILES string of the molecule is Cc1ccc(CCNS(=O)(=O)c2ccc3[nH]c4c(c3c2)CCCC4)cc1.